The summed E-state index contributed by atoms with van der Waals surface area (Å²) in [6.07, 6.45) is -4.65. The quantitative estimate of drug-likeness (QED) is 0.369. The summed E-state index contributed by atoms with van der Waals surface area (Å²) in [6, 6.07) is 12.0. The molecule has 0 radical (unpaired) electrons. The van der Waals surface area contributed by atoms with E-state index in [-0.39, 0.29) is 12.3 Å². The van der Waals surface area contributed by atoms with E-state index in [1.54, 1.807) is 24.3 Å². The van der Waals surface area contributed by atoms with Crippen molar-refractivity contribution in [1.82, 2.24) is 9.78 Å². The van der Waals surface area contributed by atoms with Crippen molar-refractivity contribution in [3.8, 4) is 17.2 Å². The molecule has 1 amide bonds. The Hall–Kier alpha value is -3.21. The van der Waals surface area contributed by atoms with E-state index < -0.39 is 22.3 Å². The maximum Gasteiger partial charge on any atom is 0.434 e. The van der Waals surface area contributed by atoms with Gasteiger partial charge in [-0.05, 0) is 71.7 Å². The molecular formula is C23H23BrF3N3O4. The molecule has 0 aliphatic carbocycles. The van der Waals surface area contributed by atoms with Gasteiger partial charge in [-0.3, -0.25) is 9.48 Å². The zero-order valence-corrected chi connectivity index (χ0v) is 20.3. The molecular weight excluding hydrogens is 519 g/mol. The van der Waals surface area contributed by atoms with Gasteiger partial charge in [0.15, 0.2) is 22.9 Å². The fourth-order valence-electron chi connectivity index (χ4n) is 3.13. The topological polar surface area (TPSA) is 74.6 Å². The molecule has 3 rings (SSSR count). The number of hydrogen-bond acceptors (Lipinski definition) is 5. The first-order chi connectivity index (χ1) is 16.1. The number of carbonyl (C=O) groups is 1. The van der Waals surface area contributed by atoms with Crippen molar-refractivity contribution in [3.63, 3.8) is 0 Å². The third-order valence-corrected chi connectivity index (χ3v) is 5.35. The zero-order valence-electron chi connectivity index (χ0n) is 18.7. The smallest absolute Gasteiger partial charge is 0.434 e. The number of nitrogens with one attached hydrogen (secondary N) is 1. The first-order valence-electron chi connectivity index (χ1n) is 10.4. The molecule has 0 unspecified atom stereocenters. The second kappa shape index (κ2) is 10.8. The number of halogens is 4. The van der Waals surface area contributed by atoms with Crippen LogP contribution in [-0.4, -0.2) is 28.9 Å². The molecule has 0 saturated heterocycles. The van der Waals surface area contributed by atoms with Crippen LogP contribution in [-0.2, 0) is 19.8 Å². The second-order valence-corrected chi connectivity index (χ2v) is 7.84. The van der Waals surface area contributed by atoms with Gasteiger partial charge in [0.25, 0.3) is 5.91 Å². The lowest BCUT2D eigenvalue weighted by molar-refractivity contribution is -0.144. The van der Waals surface area contributed by atoms with Crippen LogP contribution in [0.5, 0.6) is 17.2 Å². The molecule has 7 nitrogen and oxygen atoms in total. The van der Waals surface area contributed by atoms with Crippen molar-refractivity contribution in [2.45, 2.75) is 26.6 Å². The molecule has 182 valence electrons. The van der Waals surface area contributed by atoms with Crippen LogP contribution in [0.25, 0.3) is 0 Å². The number of aromatic nitrogens is 2. The van der Waals surface area contributed by atoms with Crippen LogP contribution in [0, 0.1) is 0 Å². The Morgan fingerprint density at radius 1 is 1.03 bits per heavy atom. The van der Waals surface area contributed by atoms with E-state index in [1.165, 1.54) is 0 Å². The van der Waals surface area contributed by atoms with Gasteiger partial charge in [-0.25, -0.2) is 0 Å². The zero-order chi connectivity index (χ0) is 24.9. The van der Waals surface area contributed by atoms with Crippen LogP contribution < -0.4 is 19.5 Å². The van der Waals surface area contributed by atoms with Crippen molar-refractivity contribution in [3.05, 3.63) is 63.9 Å². The molecule has 1 aromatic heterocycles. The van der Waals surface area contributed by atoms with E-state index in [1.807, 2.05) is 32.0 Å². The van der Waals surface area contributed by atoms with Crippen LogP contribution in [0.15, 0.2) is 46.9 Å². The molecule has 0 atom stereocenters. The van der Waals surface area contributed by atoms with Crippen LogP contribution in [0.2, 0.25) is 0 Å². The Morgan fingerprint density at radius 3 is 2.26 bits per heavy atom. The van der Waals surface area contributed by atoms with E-state index in [9.17, 15) is 18.0 Å². The Bertz CT molecular complexity index is 1150. The Balaban J connectivity index is 1.64. The lowest BCUT2D eigenvalue weighted by Gasteiger charge is -2.13. The average Bonchev–Trinajstić information content (AvgIpc) is 3.09. The fourth-order valence-corrected chi connectivity index (χ4v) is 3.87. The SMILES string of the molecule is CCOc1ccc(COc2ccc(NC(=O)c3nn(C)c(C(F)(F)F)c3Br)cc2)cc1OCC. The van der Waals surface area contributed by atoms with Gasteiger partial charge in [0.1, 0.15) is 12.4 Å². The van der Waals surface area contributed by atoms with Crippen molar-refractivity contribution in [1.29, 1.82) is 0 Å². The van der Waals surface area contributed by atoms with Crippen LogP contribution in [0.1, 0.15) is 35.6 Å². The molecule has 0 fully saturated rings. The van der Waals surface area contributed by atoms with E-state index >= 15 is 0 Å². The summed E-state index contributed by atoms with van der Waals surface area (Å²) >= 11 is 2.83. The largest absolute Gasteiger partial charge is 0.490 e. The summed E-state index contributed by atoms with van der Waals surface area (Å²) < 4.78 is 56.5. The highest BCUT2D eigenvalue weighted by Gasteiger charge is 2.39. The highest BCUT2D eigenvalue weighted by Crippen LogP contribution is 2.36. The molecule has 2 aromatic carbocycles. The molecule has 34 heavy (non-hydrogen) atoms. The highest BCUT2D eigenvalue weighted by molar-refractivity contribution is 9.10. The Kier molecular flexibility index (Phi) is 8.08. The van der Waals surface area contributed by atoms with Crippen LogP contribution >= 0.6 is 15.9 Å². The first-order valence-corrected chi connectivity index (χ1v) is 11.2. The lowest BCUT2D eigenvalue weighted by atomic mass is 10.2. The van der Waals surface area contributed by atoms with Gasteiger partial charge in [0.05, 0.1) is 17.7 Å². The first kappa shape index (κ1) is 25.4. The normalized spacial score (nSPS) is 11.3. The van der Waals surface area contributed by atoms with E-state index in [0.29, 0.717) is 40.8 Å². The minimum atomic E-state index is -4.65. The third-order valence-electron chi connectivity index (χ3n) is 4.60. The number of benzene rings is 2. The maximum atomic E-state index is 13.1. The molecule has 11 heteroatoms. The number of rotatable bonds is 9. The second-order valence-electron chi connectivity index (χ2n) is 7.05. The fraction of sp³-hybridized carbons (Fsp3) is 0.304. The minimum Gasteiger partial charge on any atom is -0.490 e. The van der Waals surface area contributed by atoms with Crippen LogP contribution in [0.3, 0.4) is 0 Å². The molecule has 0 saturated carbocycles. The third kappa shape index (κ3) is 6.02. The van der Waals surface area contributed by atoms with Gasteiger partial charge in [0, 0.05) is 12.7 Å². The molecule has 1 heterocycles. The monoisotopic (exact) mass is 541 g/mol. The number of carbonyl (C=O) groups excluding carboxylic acids is 1. The lowest BCUT2D eigenvalue weighted by Crippen LogP contribution is -2.13. The van der Waals surface area contributed by atoms with Gasteiger partial charge >= 0.3 is 6.18 Å². The van der Waals surface area contributed by atoms with Gasteiger partial charge in [-0.2, -0.15) is 18.3 Å². The highest BCUT2D eigenvalue weighted by atomic mass is 79.9. The predicted octanol–water partition coefficient (Wildman–Crippen LogP) is 5.83. The maximum absolute atomic E-state index is 13.1. The minimum absolute atomic E-state index is 0.277. The van der Waals surface area contributed by atoms with E-state index in [2.05, 4.69) is 26.3 Å². The number of alkyl halides is 3. The Morgan fingerprint density at radius 2 is 1.68 bits per heavy atom. The van der Waals surface area contributed by atoms with Gasteiger partial charge < -0.3 is 19.5 Å². The van der Waals surface area contributed by atoms with Crippen molar-refractivity contribution >= 4 is 27.5 Å². The van der Waals surface area contributed by atoms with Gasteiger partial charge in [0.2, 0.25) is 0 Å². The average molecular weight is 542 g/mol. The number of ether oxygens (including phenoxy) is 3. The number of hydrogen-bond donors (Lipinski definition) is 1. The standard InChI is InChI=1S/C23H23BrF3N3O4/c1-4-32-17-11-6-14(12-18(17)33-5-2)13-34-16-9-7-15(8-10-16)28-22(31)20-19(24)21(23(25,26)27)30(3)29-20/h6-12H,4-5,13H2,1-3H3,(H,28,31). The Labute approximate surface area is 202 Å². The number of amides is 1. The molecule has 0 aliphatic heterocycles. The number of nitrogens with zero attached hydrogens (tertiary/aromatic N) is 2. The van der Waals surface area contributed by atoms with E-state index in [0.717, 1.165) is 12.6 Å². The molecule has 0 aliphatic rings. The molecule has 3 aromatic rings. The van der Waals surface area contributed by atoms with Gasteiger partial charge in [-0.15, -0.1) is 0 Å². The summed E-state index contributed by atoms with van der Waals surface area (Å²) in [5.41, 5.74) is -0.146. The molecule has 0 spiro atoms. The van der Waals surface area contributed by atoms with E-state index in [4.69, 9.17) is 14.2 Å². The summed E-state index contributed by atoms with van der Waals surface area (Å²) in [5.74, 6) is 1.07. The molecule has 1 N–H and O–H groups in total. The number of aryl methyl sites for hydroxylation is 1. The summed E-state index contributed by atoms with van der Waals surface area (Å²) in [7, 11) is 1.12. The summed E-state index contributed by atoms with van der Waals surface area (Å²) in [4.78, 5) is 12.4. The van der Waals surface area contributed by atoms with Gasteiger partial charge in [-0.1, -0.05) is 6.07 Å². The van der Waals surface area contributed by atoms with Crippen LogP contribution in [0.4, 0.5) is 18.9 Å². The van der Waals surface area contributed by atoms with Crippen molar-refractivity contribution < 1.29 is 32.2 Å². The predicted molar refractivity (Wildman–Crippen MR) is 123 cm³/mol. The summed E-state index contributed by atoms with van der Waals surface area (Å²) in [5, 5.41) is 6.22. The van der Waals surface area contributed by atoms with Crippen molar-refractivity contribution in [2.75, 3.05) is 18.5 Å². The molecule has 0 bridgehead atoms. The van der Waals surface area contributed by atoms with Crippen molar-refractivity contribution in [2.24, 2.45) is 7.05 Å². The number of anilines is 1. The summed E-state index contributed by atoms with van der Waals surface area (Å²) in [6.45, 7) is 5.10.